The van der Waals surface area contributed by atoms with Crippen molar-refractivity contribution in [3.05, 3.63) is 57.5 Å². The zero-order chi connectivity index (χ0) is 13.2. The molecule has 0 atom stereocenters. The lowest BCUT2D eigenvalue weighted by Crippen LogP contribution is -2.31. The molecule has 5 heteroatoms. The molecule has 19 heavy (non-hydrogen) atoms. The largest absolute Gasteiger partial charge is 0.508 e. The van der Waals surface area contributed by atoms with E-state index in [4.69, 9.17) is 0 Å². The second-order valence-electron chi connectivity index (χ2n) is 4.71. The van der Waals surface area contributed by atoms with E-state index in [1.54, 1.807) is 24.3 Å². The molecule has 1 aromatic heterocycles. The van der Waals surface area contributed by atoms with Crippen LogP contribution >= 0.6 is 0 Å². The van der Waals surface area contributed by atoms with E-state index >= 15 is 0 Å². The molecule has 0 unspecified atom stereocenters. The molecule has 0 radical (unpaired) electrons. The summed E-state index contributed by atoms with van der Waals surface area (Å²) in [6.07, 6.45) is 0.843. The van der Waals surface area contributed by atoms with E-state index in [1.807, 2.05) is 6.07 Å². The number of rotatable bonds is 2. The normalized spacial score (nSPS) is 14.1. The molecule has 2 N–H and O–H groups in total. The molecule has 0 spiro atoms. The lowest BCUT2D eigenvalue weighted by Gasteiger charge is -2.17. The summed E-state index contributed by atoms with van der Waals surface area (Å²) in [5, 5.41) is 17.1. The summed E-state index contributed by atoms with van der Waals surface area (Å²) < 4.78 is 1.46. The Kier molecular flexibility index (Phi) is 3.05. The molecule has 0 saturated heterocycles. The molecule has 1 aliphatic rings. The number of nitrogens with zero attached hydrogens (tertiary/aromatic N) is 2. The van der Waals surface area contributed by atoms with E-state index in [2.05, 4.69) is 10.4 Å². The van der Waals surface area contributed by atoms with E-state index in [1.165, 1.54) is 4.68 Å². The standard InChI is InChI=1S/C14H15N3O2/c18-12-3-1-2-10(6-12)9-17-14(19)7-11-8-15-5-4-13(11)16-17/h1-3,6-7,15,18H,4-5,8-9H2. The molecule has 0 aliphatic carbocycles. The van der Waals surface area contributed by atoms with Gasteiger partial charge in [0.15, 0.2) is 0 Å². The fourth-order valence-corrected chi connectivity index (χ4v) is 2.30. The Morgan fingerprint density at radius 1 is 1.37 bits per heavy atom. The van der Waals surface area contributed by atoms with Crippen LogP contribution in [-0.4, -0.2) is 21.4 Å². The average molecular weight is 257 g/mol. The van der Waals surface area contributed by atoms with Crippen LogP contribution in [0.25, 0.3) is 0 Å². The van der Waals surface area contributed by atoms with Crippen LogP contribution in [0.5, 0.6) is 5.75 Å². The maximum Gasteiger partial charge on any atom is 0.267 e. The Morgan fingerprint density at radius 3 is 3.11 bits per heavy atom. The third-order valence-corrected chi connectivity index (χ3v) is 3.26. The maximum atomic E-state index is 12.0. The third kappa shape index (κ3) is 2.51. The summed E-state index contributed by atoms with van der Waals surface area (Å²) in [5.41, 5.74) is 2.73. The van der Waals surface area contributed by atoms with Crippen LogP contribution in [0.1, 0.15) is 16.8 Å². The highest BCUT2D eigenvalue weighted by Crippen LogP contribution is 2.12. The minimum Gasteiger partial charge on any atom is -0.508 e. The summed E-state index contributed by atoms with van der Waals surface area (Å²) >= 11 is 0. The molecule has 98 valence electrons. The van der Waals surface area contributed by atoms with Gasteiger partial charge in [-0.25, -0.2) is 4.68 Å². The monoisotopic (exact) mass is 257 g/mol. The Balaban J connectivity index is 1.95. The van der Waals surface area contributed by atoms with Gasteiger partial charge < -0.3 is 10.4 Å². The van der Waals surface area contributed by atoms with Crippen molar-refractivity contribution in [1.29, 1.82) is 0 Å². The molecular weight excluding hydrogens is 242 g/mol. The zero-order valence-corrected chi connectivity index (χ0v) is 10.5. The summed E-state index contributed by atoms with van der Waals surface area (Å²) in [4.78, 5) is 12.0. The maximum absolute atomic E-state index is 12.0. The lowest BCUT2D eigenvalue weighted by molar-refractivity contribution is 0.473. The number of benzene rings is 1. The molecular formula is C14H15N3O2. The minimum atomic E-state index is -0.106. The molecule has 0 bridgehead atoms. The zero-order valence-electron chi connectivity index (χ0n) is 10.5. The van der Waals surface area contributed by atoms with Crippen molar-refractivity contribution in [2.75, 3.05) is 6.54 Å². The van der Waals surface area contributed by atoms with Gasteiger partial charge in [0.05, 0.1) is 12.2 Å². The Hall–Kier alpha value is -2.14. The van der Waals surface area contributed by atoms with Crippen molar-refractivity contribution >= 4 is 0 Å². The lowest BCUT2D eigenvalue weighted by atomic mass is 10.1. The fraction of sp³-hybridized carbons (Fsp3) is 0.286. The minimum absolute atomic E-state index is 0.106. The van der Waals surface area contributed by atoms with Gasteiger partial charge in [0.25, 0.3) is 5.56 Å². The number of hydrogen-bond donors (Lipinski definition) is 2. The van der Waals surface area contributed by atoms with Gasteiger partial charge in [-0.05, 0) is 23.3 Å². The first kappa shape index (κ1) is 11.9. The fourth-order valence-electron chi connectivity index (χ4n) is 2.30. The van der Waals surface area contributed by atoms with E-state index in [0.29, 0.717) is 13.1 Å². The van der Waals surface area contributed by atoms with Crippen molar-refractivity contribution in [1.82, 2.24) is 15.1 Å². The van der Waals surface area contributed by atoms with Crippen LogP contribution in [-0.2, 0) is 19.5 Å². The van der Waals surface area contributed by atoms with E-state index in [9.17, 15) is 9.90 Å². The van der Waals surface area contributed by atoms with Crippen molar-refractivity contribution in [3.8, 4) is 5.75 Å². The van der Waals surface area contributed by atoms with Crippen LogP contribution in [0.4, 0.5) is 0 Å². The quantitative estimate of drug-likeness (QED) is 0.828. The van der Waals surface area contributed by atoms with Crippen LogP contribution in [0, 0.1) is 0 Å². The molecule has 2 aromatic rings. The van der Waals surface area contributed by atoms with E-state index < -0.39 is 0 Å². The number of nitrogens with one attached hydrogen (secondary N) is 1. The predicted octanol–water partition coefficient (Wildman–Crippen LogP) is 0.643. The number of aromatic hydroxyl groups is 1. The summed E-state index contributed by atoms with van der Waals surface area (Å²) in [6.45, 7) is 1.99. The molecule has 1 aliphatic heterocycles. The Bertz CT molecular complexity index is 664. The van der Waals surface area contributed by atoms with Gasteiger partial charge in [0, 0.05) is 25.6 Å². The molecule has 0 amide bonds. The van der Waals surface area contributed by atoms with Gasteiger partial charge in [-0.15, -0.1) is 0 Å². The molecule has 0 fully saturated rings. The molecule has 5 nitrogen and oxygen atoms in total. The number of phenolic OH excluding ortho intramolecular Hbond substituents is 1. The van der Waals surface area contributed by atoms with Gasteiger partial charge in [-0.3, -0.25) is 4.79 Å². The van der Waals surface area contributed by atoms with Gasteiger partial charge in [0.2, 0.25) is 0 Å². The van der Waals surface area contributed by atoms with Crippen LogP contribution < -0.4 is 10.9 Å². The highest BCUT2D eigenvalue weighted by atomic mass is 16.3. The Labute approximate surface area is 110 Å². The molecule has 2 heterocycles. The van der Waals surface area contributed by atoms with Crippen molar-refractivity contribution in [2.24, 2.45) is 0 Å². The Morgan fingerprint density at radius 2 is 2.26 bits per heavy atom. The second-order valence-corrected chi connectivity index (χ2v) is 4.71. The molecule has 0 saturated carbocycles. The molecule has 3 rings (SSSR count). The first-order valence-electron chi connectivity index (χ1n) is 6.31. The van der Waals surface area contributed by atoms with Crippen LogP contribution in [0.3, 0.4) is 0 Å². The second kappa shape index (κ2) is 4.85. The van der Waals surface area contributed by atoms with Gasteiger partial charge in [-0.1, -0.05) is 12.1 Å². The number of phenols is 1. The third-order valence-electron chi connectivity index (χ3n) is 3.26. The van der Waals surface area contributed by atoms with Gasteiger partial charge in [-0.2, -0.15) is 5.10 Å². The summed E-state index contributed by atoms with van der Waals surface area (Å²) in [6, 6.07) is 8.54. The van der Waals surface area contributed by atoms with E-state index in [0.717, 1.165) is 29.8 Å². The first-order valence-corrected chi connectivity index (χ1v) is 6.31. The van der Waals surface area contributed by atoms with Gasteiger partial charge >= 0.3 is 0 Å². The average Bonchev–Trinajstić information content (AvgIpc) is 2.40. The number of hydrogen-bond acceptors (Lipinski definition) is 4. The van der Waals surface area contributed by atoms with Gasteiger partial charge in [0.1, 0.15) is 5.75 Å². The summed E-state index contributed by atoms with van der Waals surface area (Å²) in [7, 11) is 0. The van der Waals surface area contributed by atoms with Crippen LogP contribution in [0.15, 0.2) is 35.1 Å². The highest BCUT2D eigenvalue weighted by Gasteiger charge is 2.12. The smallest absolute Gasteiger partial charge is 0.267 e. The van der Waals surface area contributed by atoms with Crippen LogP contribution in [0.2, 0.25) is 0 Å². The van der Waals surface area contributed by atoms with Crippen molar-refractivity contribution in [2.45, 2.75) is 19.5 Å². The first-order chi connectivity index (χ1) is 9.22. The highest BCUT2D eigenvalue weighted by molar-refractivity contribution is 5.27. The van der Waals surface area contributed by atoms with Crippen molar-refractivity contribution < 1.29 is 5.11 Å². The van der Waals surface area contributed by atoms with E-state index in [-0.39, 0.29) is 11.3 Å². The number of fused-ring (bicyclic) bond motifs is 1. The topological polar surface area (TPSA) is 67.2 Å². The van der Waals surface area contributed by atoms with Crippen molar-refractivity contribution in [3.63, 3.8) is 0 Å². The SMILES string of the molecule is O=c1cc2c(nn1Cc1cccc(O)c1)CCNC2. The predicted molar refractivity (Wildman–Crippen MR) is 71.1 cm³/mol. The summed E-state index contributed by atoms with van der Waals surface area (Å²) in [5.74, 6) is 0.202. The number of aromatic nitrogens is 2. The molecule has 1 aromatic carbocycles.